The minimum atomic E-state index is -0.799. The second-order valence-electron chi connectivity index (χ2n) is 9.35. The number of hydrogen-bond donors (Lipinski definition) is 0. The molecule has 3 rings (SSSR count). The lowest BCUT2D eigenvalue weighted by molar-refractivity contribution is -0.921. The van der Waals surface area contributed by atoms with Crippen LogP contribution in [0.25, 0.3) is 0 Å². The lowest BCUT2D eigenvalue weighted by Crippen LogP contribution is -2.47. The van der Waals surface area contributed by atoms with Crippen LogP contribution in [0.2, 0.25) is 6.32 Å². The van der Waals surface area contributed by atoms with Crippen LogP contribution in [0.15, 0.2) is 72.8 Å². The summed E-state index contributed by atoms with van der Waals surface area (Å²) < 4.78 is 43.8. The van der Waals surface area contributed by atoms with Crippen LogP contribution >= 0.6 is 0 Å². The van der Waals surface area contributed by atoms with Crippen molar-refractivity contribution in [3.63, 3.8) is 0 Å². The van der Waals surface area contributed by atoms with E-state index in [2.05, 4.69) is 27.7 Å². The van der Waals surface area contributed by atoms with E-state index in [0.717, 1.165) is 29.5 Å². The predicted molar refractivity (Wildman–Crippen MR) is 155 cm³/mol. The highest BCUT2D eigenvalue weighted by molar-refractivity contribution is 6.08. The summed E-state index contributed by atoms with van der Waals surface area (Å²) in [7, 11) is 0.396. The zero-order chi connectivity index (χ0) is 27.3. The van der Waals surface area contributed by atoms with Crippen molar-refractivity contribution < 1.29 is 17.7 Å². The van der Waals surface area contributed by atoms with Gasteiger partial charge in [-0.25, -0.2) is 13.2 Å². The van der Waals surface area contributed by atoms with Gasteiger partial charge in [-0.3, -0.25) is 0 Å². The maximum absolute atomic E-state index is 14.2. The van der Waals surface area contributed by atoms with Crippen molar-refractivity contribution in [1.29, 1.82) is 0 Å². The van der Waals surface area contributed by atoms with E-state index in [1.807, 2.05) is 18.2 Å². The fourth-order valence-corrected chi connectivity index (χ4v) is 5.10. The zero-order valence-corrected chi connectivity index (χ0v) is 22.4. The summed E-state index contributed by atoms with van der Waals surface area (Å²) in [5, 5.41) is 0. The Balaban J connectivity index is 0.000000458. The average Bonchev–Trinajstić information content (AvgIpc) is 2.91. The van der Waals surface area contributed by atoms with Crippen LogP contribution < -0.4 is 0 Å². The highest BCUT2D eigenvalue weighted by Crippen LogP contribution is 2.44. The Kier molecular flexibility index (Phi) is 12.5. The number of halogens is 3. The molecular formula is C32H45BF3N. The van der Waals surface area contributed by atoms with Crippen LogP contribution in [0, 0.1) is 17.5 Å². The van der Waals surface area contributed by atoms with Crippen molar-refractivity contribution >= 4 is 7.85 Å². The number of benzene rings is 3. The highest BCUT2D eigenvalue weighted by Gasteiger charge is 2.36. The SMILES string of the molecule is CC[N+](CC)(CC)CC.[BH3-]CCCCCC(c1cccc(F)c1)(c1cccc(F)c1)c1cccc(F)c1. The van der Waals surface area contributed by atoms with Crippen molar-refractivity contribution in [1.82, 2.24) is 0 Å². The molecule has 0 aromatic heterocycles. The van der Waals surface area contributed by atoms with Crippen LogP contribution in [0.5, 0.6) is 0 Å². The minimum Gasteiger partial charge on any atom is -0.325 e. The number of quaternary nitrogens is 1. The first-order valence-corrected chi connectivity index (χ1v) is 13.2. The van der Waals surface area contributed by atoms with E-state index in [0.29, 0.717) is 14.3 Å². The third kappa shape index (κ3) is 7.98. The van der Waals surface area contributed by atoms with Gasteiger partial charge in [0.2, 0.25) is 0 Å². The molecule has 0 saturated carbocycles. The molecule has 0 spiro atoms. The van der Waals surface area contributed by atoms with Gasteiger partial charge in [-0.05, 0) is 95.1 Å². The van der Waals surface area contributed by atoms with Crippen LogP contribution in [0.3, 0.4) is 0 Å². The van der Waals surface area contributed by atoms with E-state index in [1.54, 1.807) is 18.2 Å². The summed E-state index contributed by atoms with van der Waals surface area (Å²) in [4.78, 5) is 0. The van der Waals surface area contributed by atoms with Crippen molar-refractivity contribution in [3.05, 3.63) is 107 Å². The van der Waals surface area contributed by atoms with E-state index in [4.69, 9.17) is 0 Å². The average molecular weight is 512 g/mol. The number of unbranched alkanes of at least 4 members (excludes halogenated alkanes) is 2. The minimum absolute atomic E-state index is 0.348. The van der Waals surface area contributed by atoms with Gasteiger partial charge in [0.05, 0.1) is 26.2 Å². The molecule has 5 heteroatoms. The van der Waals surface area contributed by atoms with Crippen molar-refractivity contribution in [3.8, 4) is 0 Å². The molecule has 3 aromatic carbocycles. The van der Waals surface area contributed by atoms with E-state index in [9.17, 15) is 13.2 Å². The van der Waals surface area contributed by atoms with Gasteiger partial charge in [-0.15, -0.1) is 0 Å². The molecule has 0 heterocycles. The Labute approximate surface area is 223 Å². The Bertz CT molecular complexity index is 952. The summed E-state index contributed by atoms with van der Waals surface area (Å²) in [6, 6.07) is 19.3. The molecule has 0 aliphatic heterocycles. The second kappa shape index (κ2) is 15.0. The molecule has 0 fully saturated rings. The summed E-state index contributed by atoms with van der Waals surface area (Å²) in [6.07, 6.45) is 5.20. The number of rotatable bonds is 12. The molecule has 0 aliphatic carbocycles. The maximum atomic E-state index is 14.2. The molecule has 0 N–H and O–H groups in total. The van der Waals surface area contributed by atoms with E-state index in [-0.39, 0.29) is 17.5 Å². The van der Waals surface area contributed by atoms with Gasteiger partial charge >= 0.3 is 0 Å². The monoisotopic (exact) mass is 511 g/mol. The fourth-order valence-electron chi connectivity index (χ4n) is 5.10. The quantitative estimate of drug-likeness (QED) is 0.101. The third-order valence-corrected chi connectivity index (χ3v) is 7.69. The van der Waals surface area contributed by atoms with Crippen molar-refractivity contribution in [2.24, 2.45) is 0 Å². The van der Waals surface area contributed by atoms with Gasteiger partial charge in [-0.2, -0.15) is 6.32 Å². The van der Waals surface area contributed by atoms with Gasteiger partial charge in [-0.1, -0.05) is 55.7 Å². The maximum Gasteiger partial charge on any atom is 0.123 e. The second-order valence-corrected chi connectivity index (χ2v) is 9.35. The van der Waals surface area contributed by atoms with Gasteiger partial charge in [0, 0.05) is 5.41 Å². The molecule has 202 valence electrons. The smallest absolute Gasteiger partial charge is 0.123 e. The van der Waals surface area contributed by atoms with Gasteiger partial charge in [0.15, 0.2) is 0 Å². The first kappa shape index (κ1) is 30.7. The van der Waals surface area contributed by atoms with Crippen molar-refractivity contribution in [2.75, 3.05) is 26.2 Å². The molecule has 37 heavy (non-hydrogen) atoms. The zero-order valence-electron chi connectivity index (χ0n) is 22.4. The molecule has 1 nitrogen and oxygen atoms in total. The summed E-state index contributed by atoms with van der Waals surface area (Å²) >= 11 is 0. The number of hydrogen-bond acceptors (Lipinski definition) is 0. The lowest BCUT2D eigenvalue weighted by Gasteiger charge is -2.36. The predicted octanol–water partition coefficient (Wildman–Crippen LogP) is 7.67. The molecule has 0 bridgehead atoms. The first-order valence-electron chi connectivity index (χ1n) is 13.2. The Morgan fingerprint density at radius 3 is 1.24 bits per heavy atom. The molecule has 0 atom stereocenters. The first-order chi connectivity index (χ1) is 17.8. The molecule has 0 saturated heterocycles. The van der Waals surface area contributed by atoms with E-state index in [1.165, 1.54) is 79.8 Å². The highest BCUT2D eigenvalue weighted by atomic mass is 19.1. The lowest BCUT2D eigenvalue weighted by atomic mass is 9.66. The topological polar surface area (TPSA) is 0 Å². The van der Waals surface area contributed by atoms with Crippen LogP contribution in [0.1, 0.15) is 70.1 Å². The Morgan fingerprint density at radius 1 is 0.595 bits per heavy atom. The largest absolute Gasteiger partial charge is 0.325 e. The third-order valence-electron chi connectivity index (χ3n) is 7.69. The molecular weight excluding hydrogens is 466 g/mol. The van der Waals surface area contributed by atoms with Crippen LogP contribution in [-0.2, 0) is 5.41 Å². The Hall–Kier alpha value is -2.53. The molecule has 3 aromatic rings. The molecule has 0 radical (unpaired) electrons. The van der Waals surface area contributed by atoms with Gasteiger partial charge in [0.1, 0.15) is 17.5 Å². The van der Waals surface area contributed by atoms with E-state index < -0.39 is 5.41 Å². The normalized spacial score (nSPS) is 11.7. The number of nitrogens with zero attached hydrogens (tertiary/aromatic N) is 1. The molecule has 0 unspecified atom stereocenters. The fraction of sp³-hybridized carbons (Fsp3) is 0.438. The molecule has 0 aliphatic rings. The van der Waals surface area contributed by atoms with Crippen molar-refractivity contribution in [2.45, 2.75) is 65.1 Å². The summed E-state index contributed by atoms with van der Waals surface area (Å²) in [5.74, 6) is -1.04. The van der Waals surface area contributed by atoms with Crippen LogP contribution in [0.4, 0.5) is 13.2 Å². The van der Waals surface area contributed by atoms with Gasteiger partial charge in [0.25, 0.3) is 0 Å². The standard InChI is InChI=1S/C24H25BF3.C8H20N/c25-14-3-1-2-13-24(18-7-4-10-21(26)15-18,19-8-5-11-22(27)16-19)20-9-6-12-23(28)17-20;1-5-9(6-2,7-3)8-4/h4-12,15-17H,1-3,13-14H2,25H3;5-8H2,1-4H3/q-1;+1. The van der Waals surface area contributed by atoms with E-state index >= 15 is 0 Å². The summed E-state index contributed by atoms with van der Waals surface area (Å²) in [5.41, 5.74) is 1.37. The van der Waals surface area contributed by atoms with Crippen LogP contribution in [-0.4, -0.2) is 38.5 Å². The summed E-state index contributed by atoms with van der Waals surface area (Å²) in [6.45, 7) is 14.2. The Morgan fingerprint density at radius 2 is 0.973 bits per heavy atom. The molecule has 0 amide bonds. The van der Waals surface area contributed by atoms with Gasteiger partial charge < -0.3 is 4.48 Å².